The SMILES string of the molecule is COc1ccc(OC)c(NC(=O)Nc2cccc(F)c2C)c1. The van der Waals surface area contributed by atoms with E-state index in [0.29, 0.717) is 28.4 Å². The summed E-state index contributed by atoms with van der Waals surface area (Å²) >= 11 is 0. The van der Waals surface area contributed by atoms with E-state index in [4.69, 9.17) is 9.47 Å². The Morgan fingerprint density at radius 2 is 1.77 bits per heavy atom. The number of benzene rings is 2. The van der Waals surface area contributed by atoms with Crippen molar-refractivity contribution in [2.45, 2.75) is 6.92 Å². The Morgan fingerprint density at radius 3 is 2.45 bits per heavy atom. The van der Waals surface area contributed by atoms with Gasteiger partial charge < -0.3 is 20.1 Å². The van der Waals surface area contributed by atoms with Crippen LogP contribution in [0.5, 0.6) is 11.5 Å². The highest BCUT2D eigenvalue weighted by atomic mass is 19.1. The van der Waals surface area contributed by atoms with Gasteiger partial charge in [-0.2, -0.15) is 0 Å². The van der Waals surface area contributed by atoms with E-state index in [0.717, 1.165) is 0 Å². The van der Waals surface area contributed by atoms with Gasteiger partial charge in [-0.15, -0.1) is 0 Å². The molecule has 0 spiro atoms. The highest BCUT2D eigenvalue weighted by Gasteiger charge is 2.11. The summed E-state index contributed by atoms with van der Waals surface area (Å²) in [5.41, 5.74) is 1.23. The number of ether oxygens (including phenoxy) is 2. The predicted octanol–water partition coefficient (Wildman–Crippen LogP) is 3.80. The van der Waals surface area contributed by atoms with Crippen molar-refractivity contribution in [1.82, 2.24) is 0 Å². The number of rotatable bonds is 4. The molecular formula is C16H17FN2O3. The fourth-order valence-corrected chi connectivity index (χ4v) is 1.93. The van der Waals surface area contributed by atoms with Gasteiger partial charge in [-0.3, -0.25) is 0 Å². The molecule has 0 saturated heterocycles. The van der Waals surface area contributed by atoms with Gasteiger partial charge in [-0.1, -0.05) is 6.07 Å². The molecule has 0 fully saturated rings. The number of halogens is 1. The maximum atomic E-state index is 13.5. The van der Waals surface area contributed by atoms with E-state index in [2.05, 4.69) is 10.6 Å². The number of hydrogen-bond acceptors (Lipinski definition) is 3. The minimum atomic E-state index is -0.500. The first kappa shape index (κ1) is 15.6. The third-order valence-corrected chi connectivity index (χ3v) is 3.17. The molecule has 2 N–H and O–H groups in total. The summed E-state index contributed by atoms with van der Waals surface area (Å²) in [4.78, 5) is 12.1. The van der Waals surface area contributed by atoms with Crippen LogP contribution >= 0.6 is 0 Å². The highest BCUT2D eigenvalue weighted by Crippen LogP contribution is 2.29. The van der Waals surface area contributed by atoms with Crippen LogP contribution in [0.1, 0.15) is 5.56 Å². The summed E-state index contributed by atoms with van der Waals surface area (Å²) < 4.78 is 23.8. The van der Waals surface area contributed by atoms with Gasteiger partial charge in [0.15, 0.2) is 0 Å². The Morgan fingerprint density at radius 1 is 1.05 bits per heavy atom. The van der Waals surface area contributed by atoms with Crippen LogP contribution in [-0.4, -0.2) is 20.3 Å². The van der Waals surface area contributed by atoms with Crippen molar-refractivity contribution < 1.29 is 18.7 Å². The lowest BCUT2D eigenvalue weighted by atomic mass is 10.2. The maximum absolute atomic E-state index is 13.5. The molecule has 0 radical (unpaired) electrons. The van der Waals surface area contributed by atoms with Crippen LogP contribution in [-0.2, 0) is 0 Å². The first-order valence-corrected chi connectivity index (χ1v) is 6.60. The second-order valence-corrected chi connectivity index (χ2v) is 4.56. The van der Waals surface area contributed by atoms with Crippen LogP contribution in [0.4, 0.5) is 20.6 Å². The highest BCUT2D eigenvalue weighted by molar-refractivity contribution is 6.01. The molecule has 0 bridgehead atoms. The molecule has 116 valence electrons. The van der Waals surface area contributed by atoms with E-state index >= 15 is 0 Å². The molecule has 0 atom stereocenters. The number of carbonyl (C=O) groups excluding carboxylic acids is 1. The fraction of sp³-hybridized carbons (Fsp3) is 0.188. The average molecular weight is 304 g/mol. The smallest absolute Gasteiger partial charge is 0.323 e. The minimum absolute atomic E-state index is 0.371. The number of carbonyl (C=O) groups is 1. The largest absolute Gasteiger partial charge is 0.497 e. The summed E-state index contributed by atoms with van der Waals surface area (Å²) in [6.07, 6.45) is 0. The molecule has 0 aliphatic carbocycles. The van der Waals surface area contributed by atoms with Crippen molar-refractivity contribution in [1.29, 1.82) is 0 Å². The van der Waals surface area contributed by atoms with Crippen LogP contribution in [0.3, 0.4) is 0 Å². The van der Waals surface area contributed by atoms with Gasteiger partial charge >= 0.3 is 6.03 Å². The lowest BCUT2D eigenvalue weighted by Crippen LogP contribution is -2.20. The number of urea groups is 1. The molecule has 0 heterocycles. The summed E-state index contributed by atoms with van der Waals surface area (Å²) in [6, 6.07) is 9.03. The molecule has 0 aliphatic heterocycles. The van der Waals surface area contributed by atoms with Gasteiger partial charge in [0, 0.05) is 17.3 Å². The molecule has 2 amide bonds. The molecule has 2 aromatic rings. The standard InChI is InChI=1S/C16H17FN2O3/c1-10-12(17)5-4-6-13(10)18-16(20)19-14-9-11(21-2)7-8-15(14)22-3/h4-9H,1-3H3,(H2,18,19,20). The summed E-state index contributed by atoms with van der Waals surface area (Å²) in [5, 5.41) is 5.26. The molecule has 2 aromatic carbocycles. The maximum Gasteiger partial charge on any atom is 0.323 e. The number of hydrogen-bond donors (Lipinski definition) is 2. The number of nitrogens with one attached hydrogen (secondary N) is 2. The molecule has 0 aliphatic rings. The quantitative estimate of drug-likeness (QED) is 0.903. The van der Waals surface area contributed by atoms with Gasteiger partial charge in [0.2, 0.25) is 0 Å². The van der Waals surface area contributed by atoms with E-state index in [1.807, 2.05) is 0 Å². The van der Waals surface area contributed by atoms with Crippen molar-refractivity contribution in [3.63, 3.8) is 0 Å². The number of amides is 2. The van der Waals surface area contributed by atoms with Crippen LogP contribution < -0.4 is 20.1 Å². The monoisotopic (exact) mass is 304 g/mol. The van der Waals surface area contributed by atoms with E-state index in [1.165, 1.54) is 26.4 Å². The zero-order chi connectivity index (χ0) is 16.1. The van der Waals surface area contributed by atoms with Crippen molar-refractivity contribution in [2.24, 2.45) is 0 Å². The first-order chi connectivity index (χ1) is 10.5. The van der Waals surface area contributed by atoms with Crippen molar-refractivity contribution in [3.05, 3.63) is 47.8 Å². The van der Waals surface area contributed by atoms with Gasteiger partial charge in [0.1, 0.15) is 17.3 Å². The Kier molecular flexibility index (Phi) is 4.83. The molecule has 0 saturated carbocycles. The number of methoxy groups -OCH3 is 2. The van der Waals surface area contributed by atoms with E-state index in [-0.39, 0.29) is 5.82 Å². The molecule has 22 heavy (non-hydrogen) atoms. The summed E-state index contributed by atoms with van der Waals surface area (Å²) in [6.45, 7) is 1.59. The second kappa shape index (κ2) is 6.80. The van der Waals surface area contributed by atoms with Crippen molar-refractivity contribution >= 4 is 17.4 Å². The van der Waals surface area contributed by atoms with Crippen LogP contribution in [0, 0.1) is 12.7 Å². The predicted molar refractivity (Wildman–Crippen MR) is 83.3 cm³/mol. The molecule has 0 unspecified atom stereocenters. The Bertz CT molecular complexity index is 689. The van der Waals surface area contributed by atoms with Gasteiger partial charge in [-0.05, 0) is 31.2 Å². The lowest BCUT2D eigenvalue weighted by Gasteiger charge is -2.13. The van der Waals surface area contributed by atoms with E-state index in [1.54, 1.807) is 31.2 Å². The molecule has 6 heteroatoms. The van der Waals surface area contributed by atoms with Crippen LogP contribution in [0.25, 0.3) is 0 Å². The summed E-state index contributed by atoms with van der Waals surface area (Å²) in [5.74, 6) is 0.696. The topological polar surface area (TPSA) is 59.6 Å². The lowest BCUT2D eigenvalue weighted by molar-refractivity contribution is 0.262. The average Bonchev–Trinajstić information content (AvgIpc) is 2.51. The van der Waals surface area contributed by atoms with Gasteiger partial charge in [0.05, 0.1) is 19.9 Å². The van der Waals surface area contributed by atoms with Crippen molar-refractivity contribution in [3.8, 4) is 11.5 Å². The van der Waals surface area contributed by atoms with E-state index < -0.39 is 6.03 Å². The molecular weight excluding hydrogens is 287 g/mol. The van der Waals surface area contributed by atoms with Crippen LogP contribution in [0.15, 0.2) is 36.4 Å². The molecule has 2 rings (SSSR count). The third-order valence-electron chi connectivity index (χ3n) is 3.17. The normalized spacial score (nSPS) is 10.0. The summed E-state index contributed by atoms with van der Waals surface area (Å²) in [7, 11) is 3.03. The minimum Gasteiger partial charge on any atom is -0.497 e. The van der Waals surface area contributed by atoms with Gasteiger partial charge in [-0.25, -0.2) is 9.18 Å². The first-order valence-electron chi connectivity index (χ1n) is 6.60. The zero-order valence-corrected chi connectivity index (χ0v) is 12.6. The van der Waals surface area contributed by atoms with E-state index in [9.17, 15) is 9.18 Å². The fourth-order valence-electron chi connectivity index (χ4n) is 1.93. The Labute approximate surface area is 128 Å². The van der Waals surface area contributed by atoms with Gasteiger partial charge in [0.25, 0.3) is 0 Å². The number of anilines is 2. The third kappa shape index (κ3) is 3.46. The second-order valence-electron chi connectivity index (χ2n) is 4.56. The Hall–Kier alpha value is -2.76. The van der Waals surface area contributed by atoms with Crippen molar-refractivity contribution in [2.75, 3.05) is 24.9 Å². The zero-order valence-electron chi connectivity index (χ0n) is 12.6. The molecule has 5 nitrogen and oxygen atoms in total. The Balaban J connectivity index is 2.16. The molecule has 0 aromatic heterocycles. The van der Waals surface area contributed by atoms with Crippen LogP contribution in [0.2, 0.25) is 0 Å².